The molecule has 8 heteroatoms. The Morgan fingerprint density at radius 2 is 1.77 bits per heavy atom. The van der Waals surface area contributed by atoms with Crippen molar-refractivity contribution in [3.05, 3.63) is 35.9 Å². The van der Waals surface area contributed by atoms with E-state index in [4.69, 9.17) is 14.2 Å². The summed E-state index contributed by atoms with van der Waals surface area (Å²) in [5.74, 6) is 1.31. The van der Waals surface area contributed by atoms with E-state index in [1.165, 1.54) is 33.1 Å². The van der Waals surface area contributed by atoms with Gasteiger partial charge in [0.25, 0.3) is 5.91 Å². The molecule has 1 heterocycles. The Balaban J connectivity index is 1.86. The smallest absolute Gasteiger partial charge is 0.255 e. The van der Waals surface area contributed by atoms with E-state index in [0.29, 0.717) is 39.9 Å². The van der Waals surface area contributed by atoms with E-state index in [2.05, 4.69) is 10.6 Å². The van der Waals surface area contributed by atoms with Crippen LogP contribution in [0.15, 0.2) is 35.2 Å². The van der Waals surface area contributed by atoms with E-state index in [-0.39, 0.29) is 11.8 Å². The minimum atomic E-state index is -0.313. The Bertz CT molecular complexity index is 844. The highest BCUT2D eigenvalue weighted by Gasteiger charge is 2.19. The molecule has 3 rings (SSSR count). The topological polar surface area (TPSA) is 85.9 Å². The molecule has 0 saturated heterocycles. The van der Waals surface area contributed by atoms with Crippen LogP contribution in [0.4, 0.5) is 11.4 Å². The SMILES string of the molecule is COc1cc(NC(=O)c2ccc3c(c2)NC(=O)CS3)cc(OC)c1OC. The van der Waals surface area contributed by atoms with Gasteiger partial charge in [0, 0.05) is 28.3 Å². The predicted octanol–water partition coefficient (Wildman–Crippen LogP) is 3.01. The van der Waals surface area contributed by atoms with Crippen molar-refractivity contribution in [3.8, 4) is 17.2 Å². The average Bonchev–Trinajstić information content (AvgIpc) is 2.66. The molecule has 7 nitrogen and oxygen atoms in total. The Labute approximate surface area is 155 Å². The number of thioether (sulfide) groups is 1. The summed E-state index contributed by atoms with van der Waals surface area (Å²) in [5, 5.41) is 5.58. The fourth-order valence-corrected chi connectivity index (χ4v) is 3.37. The summed E-state index contributed by atoms with van der Waals surface area (Å²) in [4.78, 5) is 25.1. The number of amides is 2. The van der Waals surface area contributed by atoms with Crippen molar-refractivity contribution in [1.82, 2.24) is 0 Å². The highest BCUT2D eigenvalue weighted by molar-refractivity contribution is 8.00. The zero-order chi connectivity index (χ0) is 18.7. The highest BCUT2D eigenvalue weighted by Crippen LogP contribution is 2.40. The van der Waals surface area contributed by atoms with Crippen molar-refractivity contribution in [3.63, 3.8) is 0 Å². The molecule has 2 aromatic carbocycles. The van der Waals surface area contributed by atoms with Gasteiger partial charge in [0.2, 0.25) is 11.7 Å². The molecule has 0 aromatic heterocycles. The van der Waals surface area contributed by atoms with Gasteiger partial charge in [-0.05, 0) is 18.2 Å². The first-order valence-corrected chi connectivity index (χ1v) is 8.72. The summed E-state index contributed by atoms with van der Waals surface area (Å²) < 4.78 is 15.8. The third kappa shape index (κ3) is 3.55. The summed E-state index contributed by atoms with van der Waals surface area (Å²) in [6.45, 7) is 0. The zero-order valence-corrected chi connectivity index (χ0v) is 15.4. The van der Waals surface area contributed by atoms with Crippen molar-refractivity contribution in [2.75, 3.05) is 37.7 Å². The van der Waals surface area contributed by atoms with Crippen molar-refractivity contribution < 1.29 is 23.8 Å². The number of hydrogen-bond acceptors (Lipinski definition) is 6. The van der Waals surface area contributed by atoms with Crippen LogP contribution in [0.1, 0.15) is 10.4 Å². The lowest BCUT2D eigenvalue weighted by Gasteiger charge is -2.17. The molecule has 0 bridgehead atoms. The highest BCUT2D eigenvalue weighted by atomic mass is 32.2. The van der Waals surface area contributed by atoms with Gasteiger partial charge in [-0.3, -0.25) is 9.59 Å². The maximum absolute atomic E-state index is 12.6. The quantitative estimate of drug-likeness (QED) is 0.837. The number of anilines is 2. The first-order chi connectivity index (χ1) is 12.5. The van der Waals surface area contributed by atoms with Gasteiger partial charge >= 0.3 is 0 Å². The molecular formula is C18H18N2O5S. The maximum Gasteiger partial charge on any atom is 0.255 e. The summed E-state index contributed by atoms with van der Waals surface area (Å²) in [6.07, 6.45) is 0. The van der Waals surface area contributed by atoms with Crippen LogP contribution in [0, 0.1) is 0 Å². The summed E-state index contributed by atoms with van der Waals surface area (Å²) in [6, 6.07) is 8.50. The standard InChI is InChI=1S/C18H18N2O5S/c1-23-13-7-11(8-14(24-2)17(13)25-3)19-18(22)10-4-5-15-12(6-10)20-16(21)9-26-15/h4-8H,9H2,1-3H3,(H,19,22)(H,20,21). The largest absolute Gasteiger partial charge is 0.493 e. The van der Waals surface area contributed by atoms with Crippen LogP contribution in [0.2, 0.25) is 0 Å². The summed E-state index contributed by atoms with van der Waals surface area (Å²) in [7, 11) is 4.53. The minimum Gasteiger partial charge on any atom is -0.493 e. The van der Waals surface area contributed by atoms with Gasteiger partial charge in [-0.1, -0.05) is 0 Å². The van der Waals surface area contributed by atoms with Gasteiger partial charge in [0.15, 0.2) is 11.5 Å². The van der Waals surface area contributed by atoms with E-state index < -0.39 is 0 Å². The van der Waals surface area contributed by atoms with Crippen LogP contribution in [-0.2, 0) is 4.79 Å². The van der Waals surface area contributed by atoms with E-state index in [9.17, 15) is 9.59 Å². The van der Waals surface area contributed by atoms with Gasteiger partial charge < -0.3 is 24.8 Å². The molecule has 0 unspecified atom stereocenters. The van der Waals surface area contributed by atoms with Crippen molar-refractivity contribution >= 4 is 35.0 Å². The first kappa shape index (κ1) is 17.9. The van der Waals surface area contributed by atoms with Crippen LogP contribution < -0.4 is 24.8 Å². The van der Waals surface area contributed by atoms with E-state index >= 15 is 0 Å². The second-order valence-electron chi connectivity index (χ2n) is 5.42. The number of carbonyl (C=O) groups is 2. The molecule has 1 aliphatic rings. The third-order valence-electron chi connectivity index (χ3n) is 3.80. The number of fused-ring (bicyclic) bond motifs is 1. The Hall–Kier alpha value is -2.87. The Morgan fingerprint density at radius 3 is 2.38 bits per heavy atom. The van der Waals surface area contributed by atoms with Crippen molar-refractivity contribution in [2.24, 2.45) is 0 Å². The molecule has 0 atom stereocenters. The van der Waals surface area contributed by atoms with Gasteiger partial charge in [-0.15, -0.1) is 11.8 Å². The number of rotatable bonds is 5. The Morgan fingerprint density at radius 1 is 1.08 bits per heavy atom. The van der Waals surface area contributed by atoms with E-state index in [1.54, 1.807) is 24.3 Å². The second-order valence-corrected chi connectivity index (χ2v) is 6.43. The molecule has 0 fully saturated rings. The fourth-order valence-electron chi connectivity index (χ4n) is 2.58. The lowest BCUT2D eigenvalue weighted by Crippen LogP contribution is -2.20. The average molecular weight is 374 g/mol. The summed E-state index contributed by atoms with van der Waals surface area (Å²) in [5.41, 5.74) is 1.57. The van der Waals surface area contributed by atoms with Crippen LogP contribution in [0.5, 0.6) is 17.2 Å². The Kier molecular flexibility index (Phi) is 5.22. The lowest BCUT2D eigenvalue weighted by atomic mass is 10.1. The molecule has 26 heavy (non-hydrogen) atoms. The summed E-state index contributed by atoms with van der Waals surface area (Å²) >= 11 is 1.44. The molecular weight excluding hydrogens is 356 g/mol. The fraction of sp³-hybridized carbons (Fsp3) is 0.222. The second kappa shape index (κ2) is 7.57. The number of ether oxygens (including phenoxy) is 3. The first-order valence-electron chi connectivity index (χ1n) is 7.73. The molecule has 0 spiro atoms. The number of nitrogens with one attached hydrogen (secondary N) is 2. The zero-order valence-electron chi connectivity index (χ0n) is 14.5. The lowest BCUT2D eigenvalue weighted by molar-refractivity contribution is -0.113. The van der Waals surface area contributed by atoms with Gasteiger partial charge in [0.1, 0.15) is 0 Å². The van der Waals surface area contributed by atoms with Crippen LogP contribution in [-0.4, -0.2) is 38.9 Å². The molecule has 0 aliphatic carbocycles. The normalized spacial score (nSPS) is 12.7. The van der Waals surface area contributed by atoms with Gasteiger partial charge in [0.05, 0.1) is 32.8 Å². The minimum absolute atomic E-state index is 0.0790. The molecule has 2 amide bonds. The number of hydrogen-bond donors (Lipinski definition) is 2. The van der Waals surface area contributed by atoms with E-state index in [0.717, 1.165) is 4.90 Å². The molecule has 0 radical (unpaired) electrons. The van der Waals surface area contributed by atoms with Crippen LogP contribution in [0.25, 0.3) is 0 Å². The number of benzene rings is 2. The number of carbonyl (C=O) groups excluding carboxylic acids is 2. The number of methoxy groups -OCH3 is 3. The van der Waals surface area contributed by atoms with Crippen LogP contribution in [0.3, 0.4) is 0 Å². The van der Waals surface area contributed by atoms with Crippen molar-refractivity contribution in [1.29, 1.82) is 0 Å². The molecule has 136 valence electrons. The maximum atomic E-state index is 12.6. The van der Waals surface area contributed by atoms with Gasteiger partial charge in [-0.25, -0.2) is 0 Å². The molecule has 1 aliphatic heterocycles. The monoisotopic (exact) mass is 374 g/mol. The molecule has 0 saturated carbocycles. The molecule has 2 N–H and O–H groups in total. The molecule has 2 aromatic rings. The van der Waals surface area contributed by atoms with Crippen LogP contribution >= 0.6 is 11.8 Å². The predicted molar refractivity (Wildman–Crippen MR) is 99.8 cm³/mol. The third-order valence-corrected chi connectivity index (χ3v) is 4.87. The van der Waals surface area contributed by atoms with Crippen molar-refractivity contribution in [2.45, 2.75) is 4.90 Å². The van der Waals surface area contributed by atoms with Gasteiger partial charge in [-0.2, -0.15) is 0 Å². The van der Waals surface area contributed by atoms with E-state index in [1.807, 2.05) is 6.07 Å².